The molecule has 0 unspecified atom stereocenters. The van der Waals surface area contributed by atoms with E-state index in [1.54, 1.807) is 12.1 Å². The van der Waals surface area contributed by atoms with Gasteiger partial charge in [0.05, 0.1) is 11.0 Å². The largest absolute Gasteiger partial charge is 0.410 e. The summed E-state index contributed by atoms with van der Waals surface area (Å²) in [5.41, 5.74) is 0.938. The summed E-state index contributed by atoms with van der Waals surface area (Å²) in [5.74, 6) is 0. The van der Waals surface area contributed by atoms with Crippen molar-refractivity contribution in [2.75, 3.05) is 6.61 Å². The van der Waals surface area contributed by atoms with E-state index in [0.717, 1.165) is 5.56 Å². The van der Waals surface area contributed by atoms with Gasteiger partial charge < -0.3 is 9.53 Å². The molecule has 0 spiro atoms. The monoisotopic (exact) mass is 311 g/mol. The maximum Gasteiger partial charge on any atom is 0.269 e. The predicted molar refractivity (Wildman–Crippen MR) is 85.8 cm³/mol. The van der Waals surface area contributed by atoms with Crippen LogP contribution in [0.5, 0.6) is 0 Å². The molecule has 0 aliphatic carbocycles. The van der Waals surface area contributed by atoms with E-state index in [-0.39, 0.29) is 23.4 Å². The lowest BCUT2D eigenvalue weighted by Crippen LogP contribution is -2.42. The third-order valence-corrected chi connectivity index (χ3v) is 8.60. The standard InChI is InChI=1S/C15H25NO4Si/c1-15(2,3)21(4,5)20-14(10-11-17)12-6-8-13(9-7-12)16(18)19/h6-9,14,17H,10-11H2,1-5H3/t14-/m0/s1. The molecule has 0 bridgehead atoms. The first-order valence-corrected chi connectivity index (χ1v) is 10.0. The van der Waals surface area contributed by atoms with Gasteiger partial charge in [0.2, 0.25) is 0 Å². The number of nitro benzene ring substituents is 1. The summed E-state index contributed by atoms with van der Waals surface area (Å²) in [6, 6.07) is 6.39. The van der Waals surface area contributed by atoms with E-state index in [1.165, 1.54) is 12.1 Å². The van der Waals surface area contributed by atoms with Crippen molar-refractivity contribution in [3.8, 4) is 0 Å². The molecule has 0 heterocycles. The Morgan fingerprint density at radius 1 is 1.29 bits per heavy atom. The molecule has 0 saturated carbocycles. The van der Waals surface area contributed by atoms with Crippen LogP contribution < -0.4 is 0 Å². The van der Waals surface area contributed by atoms with Crippen molar-refractivity contribution < 1.29 is 14.5 Å². The van der Waals surface area contributed by atoms with Crippen molar-refractivity contribution in [2.24, 2.45) is 0 Å². The van der Waals surface area contributed by atoms with Crippen LogP contribution in [0.2, 0.25) is 18.1 Å². The van der Waals surface area contributed by atoms with Crippen molar-refractivity contribution in [1.29, 1.82) is 0 Å². The van der Waals surface area contributed by atoms with Gasteiger partial charge in [-0.3, -0.25) is 10.1 Å². The van der Waals surface area contributed by atoms with E-state index in [9.17, 15) is 15.2 Å². The van der Waals surface area contributed by atoms with E-state index in [2.05, 4.69) is 33.9 Å². The van der Waals surface area contributed by atoms with Crippen LogP contribution in [0.4, 0.5) is 5.69 Å². The van der Waals surface area contributed by atoms with Crippen LogP contribution in [-0.4, -0.2) is 25.0 Å². The Kier molecular flexibility index (Phi) is 5.66. The molecular weight excluding hydrogens is 286 g/mol. The van der Waals surface area contributed by atoms with Gasteiger partial charge in [-0.25, -0.2) is 0 Å². The molecule has 0 radical (unpaired) electrons. The highest BCUT2D eigenvalue weighted by Gasteiger charge is 2.39. The summed E-state index contributed by atoms with van der Waals surface area (Å²) in [4.78, 5) is 10.3. The van der Waals surface area contributed by atoms with Crippen LogP contribution in [-0.2, 0) is 4.43 Å². The lowest BCUT2D eigenvalue weighted by molar-refractivity contribution is -0.384. The molecule has 0 amide bonds. The zero-order valence-corrected chi connectivity index (χ0v) is 14.4. The number of hydrogen-bond acceptors (Lipinski definition) is 4. The predicted octanol–water partition coefficient (Wildman–Crippen LogP) is 4.04. The fourth-order valence-corrected chi connectivity index (χ4v) is 3.07. The minimum Gasteiger partial charge on any atom is -0.410 e. The number of rotatable bonds is 6. The first kappa shape index (κ1) is 17.8. The van der Waals surface area contributed by atoms with Crippen molar-refractivity contribution in [1.82, 2.24) is 0 Å². The zero-order chi connectivity index (χ0) is 16.3. The van der Waals surface area contributed by atoms with Gasteiger partial charge in [-0.15, -0.1) is 0 Å². The average molecular weight is 311 g/mol. The summed E-state index contributed by atoms with van der Waals surface area (Å²) in [6.45, 7) is 10.8. The average Bonchev–Trinajstić information content (AvgIpc) is 2.37. The second-order valence-electron chi connectivity index (χ2n) is 6.73. The van der Waals surface area contributed by atoms with Gasteiger partial charge in [-0.05, 0) is 42.2 Å². The summed E-state index contributed by atoms with van der Waals surface area (Å²) in [5, 5.41) is 20.0. The quantitative estimate of drug-likeness (QED) is 0.489. The van der Waals surface area contributed by atoms with E-state index >= 15 is 0 Å². The minimum absolute atomic E-state index is 0.0241. The van der Waals surface area contributed by atoms with Crippen molar-refractivity contribution >= 4 is 14.0 Å². The Balaban J connectivity index is 2.99. The Morgan fingerprint density at radius 2 is 1.81 bits per heavy atom. The molecular formula is C15H25NO4Si. The Hall–Kier alpha value is -1.24. The van der Waals surface area contributed by atoms with Gasteiger partial charge in [0.1, 0.15) is 0 Å². The molecule has 0 fully saturated rings. The number of benzene rings is 1. The molecule has 1 atom stereocenters. The van der Waals surface area contributed by atoms with Crippen LogP contribution >= 0.6 is 0 Å². The Labute approximate surface area is 127 Å². The second-order valence-corrected chi connectivity index (χ2v) is 11.5. The zero-order valence-electron chi connectivity index (χ0n) is 13.4. The maximum atomic E-state index is 10.7. The third kappa shape index (κ3) is 4.62. The number of nitro groups is 1. The smallest absolute Gasteiger partial charge is 0.269 e. The van der Waals surface area contributed by atoms with Crippen molar-refractivity contribution in [2.45, 2.75) is 51.4 Å². The fraction of sp³-hybridized carbons (Fsp3) is 0.600. The highest BCUT2D eigenvalue weighted by molar-refractivity contribution is 6.74. The van der Waals surface area contributed by atoms with Gasteiger partial charge >= 0.3 is 0 Å². The number of aliphatic hydroxyl groups is 1. The third-order valence-electron chi connectivity index (χ3n) is 4.11. The topological polar surface area (TPSA) is 72.6 Å². The molecule has 0 aliphatic rings. The first-order chi connectivity index (χ1) is 9.58. The number of nitrogens with zero attached hydrogens (tertiary/aromatic N) is 1. The molecule has 1 rings (SSSR count). The van der Waals surface area contributed by atoms with Crippen LogP contribution in [0, 0.1) is 10.1 Å². The Morgan fingerprint density at radius 3 is 2.19 bits per heavy atom. The van der Waals surface area contributed by atoms with Crippen molar-refractivity contribution in [3.63, 3.8) is 0 Å². The molecule has 6 heteroatoms. The van der Waals surface area contributed by atoms with E-state index in [4.69, 9.17) is 4.43 Å². The molecule has 1 aromatic rings. The molecule has 0 aromatic heterocycles. The number of non-ortho nitro benzene ring substituents is 1. The van der Waals surface area contributed by atoms with E-state index in [1.807, 2.05) is 0 Å². The number of hydrogen-bond donors (Lipinski definition) is 1. The molecule has 5 nitrogen and oxygen atoms in total. The highest BCUT2D eigenvalue weighted by Crippen LogP contribution is 2.40. The second kappa shape index (κ2) is 6.68. The van der Waals surface area contributed by atoms with Crippen LogP contribution in [0.15, 0.2) is 24.3 Å². The van der Waals surface area contributed by atoms with Crippen molar-refractivity contribution in [3.05, 3.63) is 39.9 Å². The first-order valence-electron chi connectivity index (χ1n) is 7.11. The lowest BCUT2D eigenvalue weighted by atomic mass is 10.1. The number of aliphatic hydroxyl groups excluding tert-OH is 1. The molecule has 21 heavy (non-hydrogen) atoms. The molecule has 0 aliphatic heterocycles. The fourth-order valence-electron chi connectivity index (χ4n) is 1.75. The maximum absolute atomic E-state index is 10.7. The molecule has 0 saturated heterocycles. The summed E-state index contributed by atoms with van der Waals surface area (Å²) < 4.78 is 6.34. The SMILES string of the molecule is CC(C)(C)[Si](C)(C)O[C@@H](CCO)c1ccc([N+](=O)[O-])cc1. The van der Waals surface area contributed by atoms with Crippen LogP contribution in [0.1, 0.15) is 38.9 Å². The molecule has 118 valence electrons. The van der Waals surface area contributed by atoms with Gasteiger partial charge in [0.15, 0.2) is 8.32 Å². The minimum atomic E-state index is -1.97. The van der Waals surface area contributed by atoms with Gasteiger partial charge in [-0.1, -0.05) is 20.8 Å². The Bertz CT molecular complexity index is 479. The molecule has 1 N–H and O–H groups in total. The molecule has 1 aromatic carbocycles. The van der Waals surface area contributed by atoms with Crippen LogP contribution in [0.25, 0.3) is 0 Å². The normalized spacial score (nSPS) is 14.0. The van der Waals surface area contributed by atoms with Crippen LogP contribution in [0.3, 0.4) is 0 Å². The summed E-state index contributed by atoms with van der Waals surface area (Å²) in [7, 11) is -1.97. The van der Waals surface area contributed by atoms with E-state index < -0.39 is 13.2 Å². The van der Waals surface area contributed by atoms with E-state index in [0.29, 0.717) is 6.42 Å². The lowest BCUT2D eigenvalue weighted by Gasteiger charge is -2.39. The summed E-state index contributed by atoms with van der Waals surface area (Å²) >= 11 is 0. The van der Waals surface area contributed by atoms with Gasteiger partial charge in [0.25, 0.3) is 5.69 Å². The van der Waals surface area contributed by atoms with Gasteiger partial charge in [-0.2, -0.15) is 0 Å². The van der Waals surface area contributed by atoms with Gasteiger partial charge in [0, 0.05) is 18.7 Å². The summed E-state index contributed by atoms with van der Waals surface area (Å²) in [6.07, 6.45) is 0.265. The highest BCUT2D eigenvalue weighted by atomic mass is 28.4.